The minimum atomic E-state index is 0.171. The van der Waals surface area contributed by atoms with Crippen molar-refractivity contribution < 1.29 is 9.47 Å². The molecule has 0 aliphatic carbocycles. The molecular formula is C43H84O2S2. The van der Waals surface area contributed by atoms with Crippen LogP contribution in [0.3, 0.4) is 0 Å². The Labute approximate surface area is 307 Å². The van der Waals surface area contributed by atoms with E-state index in [9.17, 15) is 0 Å². The summed E-state index contributed by atoms with van der Waals surface area (Å²) >= 11 is 11.1. The molecule has 2 unspecified atom stereocenters. The average Bonchev–Trinajstić information content (AvgIpc) is 3.07. The summed E-state index contributed by atoms with van der Waals surface area (Å²) in [5.41, 5.74) is 0. The SMILES string of the molecule is CCCCCCCCCCCCCCCCCCC(C)C(=S)OCOC(=S)C(C)CCCCCCCCCCCCCCCCCC. The first kappa shape index (κ1) is 46.8. The standard InChI is InChI=1S/C43H84O2S2/c1-5-7-9-11-13-15-17-19-21-23-25-27-29-31-33-35-37-40(3)42(46)44-39-45-43(47)41(4)38-36-34-32-30-28-26-24-22-20-18-16-14-12-10-8-6-2/h40-41H,5-39H2,1-4H3. The van der Waals surface area contributed by atoms with Crippen molar-refractivity contribution in [1.29, 1.82) is 0 Å². The molecule has 0 bridgehead atoms. The van der Waals surface area contributed by atoms with Crippen LogP contribution in [-0.4, -0.2) is 16.9 Å². The lowest BCUT2D eigenvalue weighted by atomic mass is 10.0. The van der Waals surface area contributed by atoms with Crippen LogP contribution in [0.1, 0.15) is 246 Å². The third-order valence-corrected chi connectivity index (χ3v) is 11.2. The van der Waals surface area contributed by atoms with Crippen molar-refractivity contribution in [3.63, 3.8) is 0 Å². The highest BCUT2D eigenvalue weighted by atomic mass is 32.1. The van der Waals surface area contributed by atoms with Gasteiger partial charge in [0.2, 0.25) is 6.79 Å². The minimum absolute atomic E-state index is 0.171. The van der Waals surface area contributed by atoms with Crippen LogP contribution in [0.4, 0.5) is 0 Å². The maximum Gasteiger partial charge on any atom is 0.232 e. The minimum Gasteiger partial charge on any atom is -0.451 e. The molecule has 0 saturated heterocycles. The van der Waals surface area contributed by atoms with Gasteiger partial charge in [-0.2, -0.15) is 0 Å². The molecule has 0 aliphatic rings. The first-order valence-electron chi connectivity index (χ1n) is 21.4. The molecular weight excluding hydrogens is 613 g/mol. The molecule has 0 aromatic rings. The van der Waals surface area contributed by atoms with Gasteiger partial charge in [0, 0.05) is 11.8 Å². The predicted molar refractivity (Wildman–Crippen MR) is 219 cm³/mol. The Hall–Kier alpha value is -0.220. The third kappa shape index (κ3) is 35.4. The van der Waals surface area contributed by atoms with Crippen molar-refractivity contribution in [3.05, 3.63) is 0 Å². The van der Waals surface area contributed by atoms with Gasteiger partial charge >= 0.3 is 0 Å². The topological polar surface area (TPSA) is 18.5 Å². The Morgan fingerprint density at radius 1 is 0.340 bits per heavy atom. The van der Waals surface area contributed by atoms with Crippen LogP contribution in [-0.2, 0) is 9.47 Å². The van der Waals surface area contributed by atoms with Crippen LogP contribution in [0.25, 0.3) is 0 Å². The van der Waals surface area contributed by atoms with E-state index >= 15 is 0 Å². The number of hydrogen-bond donors (Lipinski definition) is 0. The summed E-state index contributed by atoms with van der Waals surface area (Å²) in [4.78, 5) is 0. The van der Waals surface area contributed by atoms with Crippen LogP contribution < -0.4 is 0 Å². The lowest BCUT2D eigenvalue weighted by Gasteiger charge is -2.17. The normalized spacial score (nSPS) is 12.7. The molecule has 0 amide bonds. The zero-order valence-corrected chi connectivity index (χ0v) is 34.2. The highest BCUT2D eigenvalue weighted by Crippen LogP contribution is 2.19. The lowest BCUT2D eigenvalue weighted by Crippen LogP contribution is -2.19. The quantitative estimate of drug-likeness (QED) is 0.0363. The highest BCUT2D eigenvalue weighted by Gasteiger charge is 2.13. The van der Waals surface area contributed by atoms with Crippen LogP contribution in [0.15, 0.2) is 0 Å². The zero-order valence-electron chi connectivity index (χ0n) is 32.5. The van der Waals surface area contributed by atoms with E-state index in [0.29, 0.717) is 21.9 Å². The molecule has 0 saturated carbocycles. The summed E-state index contributed by atoms with van der Waals surface area (Å²) in [5.74, 6) is 0.604. The fourth-order valence-corrected chi connectivity index (χ4v) is 7.00. The van der Waals surface area contributed by atoms with Crippen molar-refractivity contribution in [2.75, 3.05) is 6.79 Å². The second kappa shape index (κ2) is 38.6. The predicted octanol–water partition coefficient (Wildman–Crippen LogP) is 16.2. The first-order valence-corrected chi connectivity index (χ1v) is 22.2. The molecule has 0 aliphatic heterocycles. The van der Waals surface area contributed by atoms with E-state index in [1.165, 1.54) is 205 Å². The molecule has 2 atom stereocenters. The Morgan fingerprint density at radius 3 is 0.745 bits per heavy atom. The van der Waals surface area contributed by atoms with Crippen molar-refractivity contribution in [1.82, 2.24) is 0 Å². The van der Waals surface area contributed by atoms with Gasteiger partial charge < -0.3 is 9.47 Å². The van der Waals surface area contributed by atoms with E-state index in [1.54, 1.807) is 0 Å². The molecule has 0 aromatic heterocycles. The molecule has 0 aromatic carbocycles. The van der Waals surface area contributed by atoms with E-state index in [-0.39, 0.29) is 6.79 Å². The fourth-order valence-electron chi connectivity index (χ4n) is 6.66. The number of unbranched alkanes of at least 4 members (excludes halogenated alkanes) is 30. The molecule has 47 heavy (non-hydrogen) atoms. The van der Waals surface area contributed by atoms with E-state index in [4.69, 9.17) is 33.9 Å². The van der Waals surface area contributed by atoms with E-state index in [2.05, 4.69) is 27.7 Å². The summed E-state index contributed by atoms with van der Waals surface area (Å²) in [5, 5.41) is 1.36. The maximum absolute atomic E-state index is 5.76. The van der Waals surface area contributed by atoms with Gasteiger partial charge in [-0.15, -0.1) is 0 Å². The number of ether oxygens (including phenoxy) is 2. The molecule has 280 valence electrons. The smallest absolute Gasteiger partial charge is 0.232 e. The number of rotatable bonds is 38. The van der Waals surface area contributed by atoms with Crippen LogP contribution in [0.5, 0.6) is 0 Å². The van der Waals surface area contributed by atoms with Gasteiger partial charge in [0.25, 0.3) is 0 Å². The van der Waals surface area contributed by atoms with Gasteiger partial charge in [-0.05, 0) is 37.3 Å². The largest absolute Gasteiger partial charge is 0.451 e. The summed E-state index contributed by atoms with van der Waals surface area (Å²) in [7, 11) is 0. The second-order valence-corrected chi connectivity index (χ2v) is 15.8. The van der Waals surface area contributed by atoms with E-state index in [0.717, 1.165) is 12.8 Å². The fraction of sp³-hybridized carbons (Fsp3) is 0.953. The van der Waals surface area contributed by atoms with Gasteiger partial charge in [0.1, 0.15) is 0 Å². The van der Waals surface area contributed by atoms with Gasteiger partial charge in [0.15, 0.2) is 10.1 Å². The van der Waals surface area contributed by atoms with Gasteiger partial charge in [-0.25, -0.2) is 0 Å². The van der Waals surface area contributed by atoms with Crippen molar-refractivity contribution in [3.8, 4) is 0 Å². The molecule has 0 heterocycles. The monoisotopic (exact) mass is 697 g/mol. The van der Waals surface area contributed by atoms with Gasteiger partial charge in [-0.3, -0.25) is 0 Å². The van der Waals surface area contributed by atoms with Crippen molar-refractivity contribution in [2.45, 2.75) is 246 Å². The van der Waals surface area contributed by atoms with Crippen LogP contribution in [0.2, 0.25) is 0 Å². The number of thiocarbonyl (C=S) groups is 2. The van der Waals surface area contributed by atoms with E-state index in [1.807, 2.05) is 0 Å². The molecule has 0 rings (SSSR count). The summed E-state index contributed by atoms with van der Waals surface area (Å²) in [6, 6.07) is 0. The Bertz CT molecular complexity index is 598. The van der Waals surface area contributed by atoms with Gasteiger partial charge in [-0.1, -0.05) is 233 Å². The Balaban J connectivity index is 3.48. The molecule has 0 N–H and O–H groups in total. The lowest BCUT2D eigenvalue weighted by molar-refractivity contribution is 0.0923. The molecule has 0 fully saturated rings. The van der Waals surface area contributed by atoms with E-state index < -0.39 is 0 Å². The highest BCUT2D eigenvalue weighted by molar-refractivity contribution is 7.80. The van der Waals surface area contributed by atoms with Crippen molar-refractivity contribution in [2.24, 2.45) is 11.8 Å². The zero-order chi connectivity index (χ0) is 34.5. The maximum atomic E-state index is 5.76. The van der Waals surface area contributed by atoms with Crippen LogP contribution in [0, 0.1) is 11.8 Å². The molecule has 4 heteroatoms. The Kier molecular flexibility index (Phi) is 38.4. The number of hydrogen-bond acceptors (Lipinski definition) is 4. The second-order valence-electron chi connectivity index (χ2n) is 15.0. The van der Waals surface area contributed by atoms with Crippen LogP contribution >= 0.6 is 24.4 Å². The molecule has 0 radical (unpaired) electrons. The summed E-state index contributed by atoms with van der Waals surface area (Å²) < 4.78 is 11.5. The third-order valence-electron chi connectivity index (χ3n) is 10.2. The summed E-state index contributed by atoms with van der Waals surface area (Å²) in [6.45, 7) is 9.14. The molecule has 2 nitrogen and oxygen atoms in total. The first-order chi connectivity index (χ1) is 23.0. The molecule has 0 spiro atoms. The van der Waals surface area contributed by atoms with Gasteiger partial charge in [0.05, 0.1) is 0 Å². The summed E-state index contributed by atoms with van der Waals surface area (Å²) in [6.07, 6.45) is 47.1. The Morgan fingerprint density at radius 2 is 0.532 bits per heavy atom. The average molecular weight is 697 g/mol. The van der Waals surface area contributed by atoms with Crippen molar-refractivity contribution >= 4 is 34.5 Å².